The average molecular weight is 696 g/mol. The lowest BCUT2D eigenvalue weighted by atomic mass is 9.96. The molecule has 3 N–H and O–H groups in total. The molecule has 274 valence electrons. The van der Waals surface area contributed by atoms with Crippen LogP contribution < -0.4 is 16.0 Å². The summed E-state index contributed by atoms with van der Waals surface area (Å²) in [6.07, 6.45) is -1.94. The highest BCUT2D eigenvalue weighted by molar-refractivity contribution is 5.76. The van der Waals surface area contributed by atoms with Crippen LogP contribution in [0.25, 0.3) is 0 Å². The summed E-state index contributed by atoms with van der Waals surface area (Å²) in [5, 5.41) is 8.09. The Morgan fingerprint density at radius 2 is 1.43 bits per heavy atom. The largest absolute Gasteiger partial charge is 0.463 e. The fraction of sp³-hybridized carbons (Fsp3) is 0.636. The van der Waals surface area contributed by atoms with Crippen LogP contribution in [0.15, 0.2) is 30.3 Å². The fourth-order valence-electron chi connectivity index (χ4n) is 4.80. The van der Waals surface area contributed by atoms with Gasteiger partial charge in [0.2, 0.25) is 11.8 Å². The van der Waals surface area contributed by atoms with Crippen LogP contribution in [-0.2, 0) is 63.7 Å². The summed E-state index contributed by atoms with van der Waals surface area (Å²) in [7, 11) is 0. The van der Waals surface area contributed by atoms with Gasteiger partial charge in [0.15, 0.2) is 18.5 Å². The van der Waals surface area contributed by atoms with E-state index in [9.17, 15) is 28.8 Å². The average Bonchev–Trinajstić information content (AvgIpc) is 3.04. The maximum absolute atomic E-state index is 12.1. The van der Waals surface area contributed by atoms with Gasteiger partial charge in [0.25, 0.3) is 0 Å². The number of hydrogen-bond acceptors (Lipinski definition) is 13. The van der Waals surface area contributed by atoms with Crippen LogP contribution in [0, 0.1) is 0 Å². The summed E-state index contributed by atoms with van der Waals surface area (Å²) < 4.78 is 38.3. The maximum atomic E-state index is 12.1. The summed E-state index contributed by atoms with van der Waals surface area (Å²) in [5.41, 5.74) is 0.888. The zero-order valence-corrected chi connectivity index (χ0v) is 28.6. The number of carbonyl (C=O) groups excluding carboxylic acids is 6. The number of amides is 3. The fourth-order valence-corrected chi connectivity index (χ4v) is 4.80. The predicted molar refractivity (Wildman–Crippen MR) is 172 cm³/mol. The molecule has 0 bridgehead atoms. The van der Waals surface area contributed by atoms with Crippen molar-refractivity contribution in [2.75, 3.05) is 39.5 Å². The molecular weight excluding hydrogens is 646 g/mol. The smallest absolute Gasteiger partial charge is 0.407 e. The van der Waals surface area contributed by atoms with Gasteiger partial charge >= 0.3 is 24.0 Å². The van der Waals surface area contributed by atoms with Crippen molar-refractivity contribution in [3.8, 4) is 0 Å². The molecule has 1 saturated heterocycles. The van der Waals surface area contributed by atoms with E-state index in [1.165, 1.54) is 27.7 Å². The summed E-state index contributed by atoms with van der Waals surface area (Å²) in [6.45, 7) is 6.12. The van der Waals surface area contributed by atoms with E-state index in [-0.39, 0.29) is 51.9 Å². The molecule has 1 aromatic carbocycles. The molecule has 49 heavy (non-hydrogen) atoms. The molecule has 0 radical (unpaired) electrons. The van der Waals surface area contributed by atoms with Gasteiger partial charge in [0.05, 0.1) is 13.2 Å². The molecule has 0 aromatic heterocycles. The van der Waals surface area contributed by atoms with Gasteiger partial charge in [0.1, 0.15) is 25.4 Å². The van der Waals surface area contributed by atoms with Crippen molar-refractivity contribution in [3.63, 3.8) is 0 Å². The number of hydrogen-bond donors (Lipinski definition) is 3. The summed E-state index contributed by atoms with van der Waals surface area (Å²) in [4.78, 5) is 71.1. The van der Waals surface area contributed by atoms with Crippen molar-refractivity contribution < 1.29 is 61.9 Å². The number of alkyl carbamates (subject to hydrolysis) is 1. The molecule has 0 saturated carbocycles. The lowest BCUT2D eigenvalue weighted by molar-refractivity contribution is -0.277. The number of carbonyl (C=O) groups is 6. The van der Waals surface area contributed by atoms with Crippen LogP contribution in [0.2, 0.25) is 0 Å². The van der Waals surface area contributed by atoms with Crippen molar-refractivity contribution in [3.05, 3.63) is 35.9 Å². The third-order valence-electron chi connectivity index (χ3n) is 6.95. The van der Waals surface area contributed by atoms with Crippen LogP contribution in [0.1, 0.15) is 65.4 Å². The first-order valence-electron chi connectivity index (χ1n) is 16.3. The monoisotopic (exact) mass is 695 g/mol. The van der Waals surface area contributed by atoms with Crippen LogP contribution in [0.4, 0.5) is 4.79 Å². The SMILES string of the molecule is CC(=O)NC1C(OCCCCCCNC(=O)CCOCCNC(=O)OCc2ccccc2)OC(COC(C)=O)C(OC(C)=O)C1OC(C)=O. The predicted octanol–water partition coefficient (Wildman–Crippen LogP) is 1.67. The molecule has 2 rings (SSSR count). The molecule has 0 spiro atoms. The Kier molecular flexibility index (Phi) is 19.3. The maximum Gasteiger partial charge on any atom is 0.407 e. The molecule has 3 amide bonds. The van der Waals surface area contributed by atoms with Gasteiger partial charge in [-0.1, -0.05) is 43.2 Å². The van der Waals surface area contributed by atoms with Gasteiger partial charge in [-0.2, -0.15) is 0 Å². The first-order valence-corrected chi connectivity index (χ1v) is 16.3. The Balaban J connectivity index is 1.65. The topological polar surface area (TPSA) is 203 Å². The van der Waals surface area contributed by atoms with Gasteiger partial charge in [-0.15, -0.1) is 0 Å². The van der Waals surface area contributed by atoms with Crippen molar-refractivity contribution >= 4 is 35.8 Å². The van der Waals surface area contributed by atoms with E-state index in [0.717, 1.165) is 24.8 Å². The molecule has 5 atom stereocenters. The minimum Gasteiger partial charge on any atom is -0.463 e. The number of benzene rings is 1. The van der Waals surface area contributed by atoms with E-state index in [1.807, 2.05) is 30.3 Å². The molecule has 1 fully saturated rings. The van der Waals surface area contributed by atoms with Crippen LogP contribution in [0.3, 0.4) is 0 Å². The highest BCUT2D eigenvalue weighted by atomic mass is 16.7. The van der Waals surface area contributed by atoms with Crippen molar-refractivity contribution in [2.24, 2.45) is 0 Å². The molecule has 5 unspecified atom stereocenters. The molecule has 1 heterocycles. The van der Waals surface area contributed by atoms with E-state index < -0.39 is 60.6 Å². The van der Waals surface area contributed by atoms with Crippen LogP contribution >= 0.6 is 0 Å². The lowest BCUT2D eigenvalue weighted by Crippen LogP contribution is -2.66. The molecule has 1 aliphatic rings. The van der Waals surface area contributed by atoms with Crippen LogP contribution in [-0.4, -0.2) is 106 Å². The molecule has 16 heteroatoms. The second kappa shape index (κ2) is 23.1. The number of rotatable bonds is 21. The quantitative estimate of drug-likeness (QED) is 0.0953. The van der Waals surface area contributed by atoms with Crippen molar-refractivity contribution in [2.45, 2.75) is 97.0 Å². The van der Waals surface area contributed by atoms with Gasteiger partial charge in [-0.25, -0.2) is 4.79 Å². The number of ether oxygens (including phenoxy) is 7. The first kappa shape index (κ1) is 40.9. The Morgan fingerprint density at radius 3 is 2.10 bits per heavy atom. The van der Waals surface area contributed by atoms with Crippen LogP contribution in [0.5, 0.6) is 0 Å². The molecule has 0 aliphatic carbocycles. The van der Waals surface area contributed by atoms with E-state index in [4.69, 9.17) is 33.2 Å². The van der Waals surface area contributed by atoms with Gasteiger partial charge in [-0.05, 0) is 18.4 Å². The minimum absolute atomic E-state index is 0.144. The van der Waals surface area contributed by atoms with E-state index in [2.05, 4.69) is 16.0 Å². The van der Waals surface area contributed by atoms with E-state index in [0.29, 0.717) is 13.0 Å². The Bertz CT molecular complexity index is 1200. The molecule has 1 aliphatic heterocycles. The summed E-state index contributed by atoms with van der Waals surface area (Å²) >= 11 is 0. The normalized spacial score (nSPS) is 20.0. The zero-order valence-electron chi connectivity index (χ0n) is 28.6. The highest BCUT2D eigenvalue weighted by Crippen LogP contribution is 2.28. The molecule has 16 nitrogen and oxygen atoms in total. The number of unbranched alkanes of at least 4 members (excludes halogenated alkanes) is 3. The number of nitrogens with one attached hydrogen (secondary N) is 3. The second-order valence-corrected chi connectivity index (χ2v) is 11.2. The van der Waals surface area contributed by atoms with Gasteiger partial charge in [0, 0.05) is 53.8 Å². The van der Waals surface area contributed by atoms with Gasteiger partial charge in [-0.3, -0.25) is 24.0 Å². The Labute approximate surface area is 286 Å². The lowest BCUT2D eigenvalue weighted by Gasteiger charge is -2.44. The highest BCUT2D eigenvalue weighted by Gasteiger charge is 2.51. The standard InChI is InChI=1S/C33H49N3O13/c1-22(37)36-29-31(48-25(4)40)30(47-24(3)39)27(21-45-23(2)38)49-32(29)44-17-11-6-5-10-15-34-28(41)14-18-43-19-16-35-33(42)46-20-26-12-8-7-9-13-26/h7-9,12-13,27,29-32H,5-6,10-11,14-21H2,1-4H3,(H,34,41)(H,35,42)(H,36,37). The molecular formula is C33H49N3O13. The van der Waals surface area contributed by atoms with E-state index in [1.54, 1.807) is 0 Å². The molecule has 1 aromatic rings. The third-order valence-corrected chi connectivity index (χ3v) is 6.95. The van der Waals surface area contributed by atoms with Crippen molar-refractivity contribution in [1.82, 2.24) is 16.0 Å². The summed E-state index contributed by atoms with van der Waals surface area (Å²) in [5.74, 6) is -2.57. The first-order chi connectivity index (χ1) is 23.5. The Hall–Kier alpha value is -4.28. The minimum atomic E-state index is -1.18. The zero-order chi connectivity index (χ0) is 36.0. The third kappa shape index (κ3) is 17.6. The van der Waals surface area contributed by atoms with Gasteiger partial charge < -0.3 is 49.1 Å². The van der Waals surface area contributed by atoms with Crippen molar-refractivity contribution in [1.29, 1.82) is 0 Å². The second-order valence-electron chi connectivity index (χ2n) is 11.2. The summed E-state index contributed by atoms with van der Waals surface area (Å²) in [6, 6.07) is 8.31. The Morgan fingerprint density at radius 1 is 0.735 bits per heavy atom. The number of esters is 3. The van der Waals surface area contributed by atoms with E-state index >= 15 is 0 Å².